The molecule has 0 amide bonds. The molecule has 0 radical (unpaired) electrons. The van der Waals surface area contributed by atoms with Gasteiger partial charge in [-0.3, -0.25) is 0 Å². The second kappa shape index (κ2) is 4.12. The molecular weight excluding hydrogens is 283 g/mol. The zero-order valence-corrected chi connectivity index (χ0v) is 6.89. The van der Waals surface area contributed by atoms with Gasteiger partial charge < -0.3 is 0 Å². The minimum absolute atomic E-state index is 0.382. The van der Waals surface area contributed by atoms with Gasteiger partial charge in [-0.05, 0) is 0 Å². The Morgan fingerprint density at radius 2 is 1.67 bits per heavy atom. The number of halogens is 1. The van der Waals surface area contributed by atoms with Crippen molar-refractivity contribution in [3.05, 3.63) is 21.7 Å². The van der Waals surface area contributed by atoms with Crippen LogP contribution in [0.2, 0.25) is 0 Å². The molecule has 0 rings (SSSR count). The maximum absolute atomic E-state index is 3.60. The Labute approximate surface area is 55.0 Å². The Morgan fingerprint density at radius 1 is 1.33 bits per heavy atom. The minimum atomic E-state index is -0.382. The van der Waals surface area contributed by atoms with E-state index in [1.807, 2.05) is 8.59 Å². The molecule has 0 unspecified atom stereocenters. The molecule has 0 heterocycles. The van der Waals surface area contributed by atoms with Crippen LogP contribution in [0, 0.1) is 0 Å². The van der Waals surface area contributed by atoms with Gasteiger partial charge in [0.2, 0.25) is 0 Å². The van der Waals surface area contributed by atoms with Crippen molar-refractivity contribution in [1.82, 2.24) is 0 Å². The molecule has 0 spiro atoms. The first-order valence-electron chi connectivity index (χ1n) is 1.28. The predicted molar refractivity (Wildman–Crippen MR) is 34.4 cm³/mol. The molecule has 0 aromatic rings. The van der Waals surface area contributed by atoms with Gasteiger partial charge in [0.25, 0.3) is 0 Å². The van der Waals surface area contributed by atoms with Crippen molar-refractivity contribution in [3.63, 3.8) is 0 Å². The Hall–Kier alpha value is 0.950. The molecule has 2 heteroatoms. The summed E-state index contributed by atoms with van der Waals surface area (Å²) in [5.41, 5.74) is 0. The van der Waals surface area contributed by atoms with Crippen LogP contribution in [0.1, 0.15) is 0 Å². The molecule has 0 saturated heterocycles. The molecule has 0 aliphatic heterocycles. The fourth-order valence-corrected chi connectivity index (χ4v) is 0.297. The summed E-state index contributed by atoms with van der Waals surface area (Å²) >= 11 is 1.95. The number of rotatable bonds is 2. The van der Waals surface area contributed by atoms with Crippen LogP contribution in [0.25, 0.3) is 0 Å². The number of hydrogen-bond donors (Lipinski definition) is 0. The first-order valence-corrected chi connectivity index (χ1v) is 7.40. The molecule has 0 atom stereocenters. The molecule has 0 aliphatic carbocycles. The van der Waals surface area contributed by atoms with Gasteiger partial charge in [0.1, 0.15) is 0 Å². The van der Waals surface area contributed by atoms with Crippen LogP contribution in [0.4, 0.5) is 0 Å². The summed E-state index contributed by atoms with van der Waals surface area (Å²) in [6.45, 7) is 7.20. The predicted octanol–water partition coefficient (Wildman–Crippen LogP) is 2.24. The van der Waals surface area contributed by atoms with Crippen molar-refractivity contribution in [3.8, 4) is 0 Å². The van der Waals surface area contributed by atoms with Crippen LogP contribution in [0.5, 0.6) is 0 Å². The maximum atomic E-state index is 3.60. The van der Waals surface area contributed by atoms with Gasteiger partial charge >= 0.3 is 55.4 Å². The molecular formula is C4H6AgI. The monoisotopic (exact) mass is 288 g/mol. The topological polar surface area (TPSA) is 0 Å². The van der Waals surface area contributed by atoms with Crippen molar-refractivity contribution in [2.75, 3.05) is 0 Å². The summed E-state index contributed by atoms with van der Waals surface area (Å²) in [5.74, 6) is 0. The van der Waals surface area contributed by atoms with Gasteiger partial charge in [0.15, 0.2) is 0 Å². The van der Waals surface area contributed by atoms with Crippen LogP contribution >= 0.6 is 19.0 Å². The van der Waals surface area contributed by atoms with Crippen LogP contribution in [0.3, 0.4) is 0 Å². The Morgan fingerprint density at radius 3 is 1.67 bits per heavy atom. The van der Waals surface area contributed by atoms with Crippen molar-refractivity contribution in [1.29, 1.82) is 0 Å². The molecule has 40 valence electrons. The van der Waals surface area contributed by atoms with Crippen LogP contribution < -0.4 is 0 Å². The third-order valence-electron chi connectivity index (χ3n) is 0.235. The molecule has 0 N–H and O–H groups in total. The van der Waals surface area contributed by atoms with Gasteiger partial charge in [0, 0.05) is 0 Å². The summed E-state index contributed by atoms with van der Waals surface area (Å²) in [6, 6.07) is 0. The van der Waals surface area contributed by atoms with E-state index in [1.54, 1.807) is 0 Å². The standard InChI is InChI=1S/2C2H3.Ag.HI/c2*1-2;;/h2*1H,2H2;;1H/q;;+1;/p-1. The molecule has 0 nitrogen and oxygen atoms in total. The Kier molecular flexibility index (Phi) is 4.77. The Bertz CT molecular complexity index is 52.6. The van der Waals surface area contributed by atoms with Crippen LogP contribution in [0.15, 0.2) is 21.7 Å². The van der Waals surface area contributed by atoms with E-state index in [9.17, 15) is 0 Å². The van der Waals surface area contributed by atoms with Crippen molar-refractivity contribution in [2.45, 2.75) is 0 Å². The van der Waals surface area contributed by atoms with Crippen LogP contribution in [-0.4, -0.2) is 0 Å². The molecule has 0 fully saturated rings. The first-order chi connectivity index (χ1) is 2.81. The van der Waals surface area contributed by atoms with Crippen molar-refractivity contribution in [2.24, 2.45) is 0 Å². The van der Waals surface area contributed by atoms with Crippen molar-refractivity contribution < 1.29 is 14.6 Å². The average Bonchev–Trinajstić information content (AvgIpc) is 1.65. The quantitative estimate of drug-likeness (QED) is 0.540. The van der Waals surface area contributed by atoms with Crippen molar-refractivity contribution >= 4 is 19.0 Å². The third kappa shape index (κ3) is 3.15. The molecule has 0 bridgehead atoms. The van der Waals surface area contributed by atoms with Gasteiger partial charge in [-0.1, -0.05) is 0 Å². The summed E-state index contributed by atoms with van der Waals surface area (Å²) < 4.78 is 3.89. The van der Waals surface area contributed by atoms with E-state index in [4.69, 9.17) is 0 Å². The normalized spacial score (nSPS) is 9.83. The van der Waals surface area contributed by atoms with Gasteiger partial charge in [-0.2, -0.15) is 0 Å². The van der Waals surface area contributed by atoms with Gasteiger partial charge in [0.05, 0.1) is 0 Å². The zero-order chi connectivity index (χ0) is 4.99. The van der Waals surface area contributed by atoms with E-state index in [-0.39, 0.29) is 14.6 Å². The zero-order valence-electron chi connectivity index (χ0n) is 3.25. The fraction of sp³-hybridized carbons (Fsp3) is 0. The molecule has 0 aliphatic rings. The van der Waals surface area contributed by atoms with Crippen LogP contribution in [-0.2, 0) is 14.6 Å². The number of hydrogen-bond acceptors (Lipinski definition) is 0. The summed E-state index contributed by atoms with van der Waals surface area (Å²) in [6.07, 6.45) is 0. The van der Waals surface area contributed by atoms with E-state index in [0.717, 1.165) is 0 Å². The van der Waals surface area contributed by atoms with E-state index in [0.29, 0.717) is 0 Å². The molecule has 0 aromatic carbocycles. The SMILES string of the molecule is C=[CH][Ag]([I])[CH]=C. The Balaban J connectivity index is 3.21. The average molecular weight is 289 g/mol. The molecule has 0 aromatic heterocycles. The first kappa shape index (κ1) is 6.95. The third-order valence-corrected chi connectivity index (χ3v) is 4.53. The summed E-state index contributed by atoms with van der Waals surface area (Å²) in [4.78, 5) is 0. The van der Waals surface area contributed by atoms with Gasteiger partial charge in [-0.15, -0.1) is 0 Å². The molecule has 0 saturated carbocycles. The van der Waals surface area contributed by atoms with E-state index < -0.39 is 0 Å². The fourth-order valence-electron chi connectivity index (χ4n) is 0.0503. The van der Waals surface area contributed by atoms with Gasteiger partial charge in [-0.25, -0.2) is 0 Å². The van der Waals surface area contributed by atoms with E-state index in [2.05, 4.69) is 32.2 Å². The molecule has 6 heavy (non-hydrogen) atoms. The second-order valence-corrected chi connectivity index (χ2v) is 7.27. The van der Waals surface area contributed by atoms with E-state index >= 15 is 0 Å². The summed E-state index contributed by atoms with van der Waals surface area (Å²) in [5, 5.41) is 0. The second-order valence-electron chi connectivity index (χ2n) is 0.478. The van der Waals surface area contributed by atoms with E-state index in [1.165, 1.54) is 0 Å². The summed E-state index contributed by atoms with van der Waals surface area (Å²) in [7, 11) is 0.